The normalized spacial score (nSPS) is 19.2. The summed E-state index contributed by atoms with van der Waals surface area (Å²) in [6.45, 7) is 3.88. The molecule has 1 atom stereocenters. The Morgan fingerprint density at radius 3 is 2.50 bits per heavy atom. The van der Waals surface area contributed by atoms with E-state index in [2.05, 4.69) is 0 Å². The first-order valence-corrected chi connectivity index (χ1v) is 7.80. The number of hydrogen-bond donors (Lipinski definition) is 1. The molecular formula is C17H21F3N2O2. The third kappa shape index (κ3) is 4.14. The molecule has 1 amide bonds. The van der Waals surface area contributed by atoms with E-state index >= 15 is 0 Å². The van der Waals surface area contributed by atoms with Crippen LogP contribution in [0.1, 0.15) is 42.6 Å². The number of likely N-dealkylation sites (tertiary alicyclic amines) is 1. The second-order valence-corrected chi connectivity index (χ2v) is 6.75. The van der Waals surface area contributed by atoms with Gasteiger partial charge in [-0.15, -0.1) is 0 Å². The van der Waals surface area contributed by atoms with Crippen LogP contribution in [0.15, 0.2) is 24.3 Å². The molecule has 132 valence electrons. The van der Waals surface area contributed by atoms with E-state index in [9.17, 15) is 22.8 Å². The Hall–Kier alpha value is -1.89. The van der Waals surface area contributed by atoms with Gasteiger partial charge in [-0.25, -0.2) is 0 Å². The molecule has 7 heteroatoms. The number of benzene rings is 1. The van der Waals surface area contributed by atoms with E-state index in [4.69, 9.17) is 5.73 Å². The van der Waals surface area contributed by atoms with E-state index in [0.29, 0.717) is 19.4 Å². The smallest absolute Gasteiger partial charge is 0.340 e. The molecule has 0 aliphatic carbocycles. The zero-order valence-corrected chi connectivity index (χ0v) is 13.7. The maximum Gasteiger partial charge on any atom is 0.416 e. The van der Waals surface area contributed by atoms with Crippen LogP contribution in [0.5, 0.6) is 0 Å². The van der Waals surface area contributed by atoms with Crippen molar-refractivity contribution in [2.45, 2.75) is 38.4 Å². The molecule has 4 nitrogen and oxygen atoms in total. The van der Waals surface area contributed by atoms with Gasteiger partial charge in [0.2, 0.25) is 5.91 Å². The average Bonchev–Trinajstić information content (AvgIpc) is 2.52. The van der Waals surface area contributed by atoms with Crippen molar-refractivity contribution < 1.29 is 22.8 Å². The number of nitrogens with two attached hydrogens (primary N) is 1. The zero-order valence-electron chi connectivity index (χ0n) is 13.7. The maximum atomic E-state index is 12.8. The molecule has 0 radical (unpaired) electrons. The first kappa shape index (κ1) is 18.4. The van der Waals surface area contributed by atoms with Gasteiger partial charge < -0.3 is 10.6 Å². The third-order valence-electron chi connectivity index (χ3n) is 4.11. The number of Topliss-reactive ketones (excluding diaryl/α,β-unsaturated/α-hetero) is 1. The van der Waals surface area contributed by atoms with Crippen LogP contribution in [-0.2, 0) is 11.0 Å². The molecule has 24 heavy (non-hydrogen) atoms. The van der Waals surface area contributed by atoms with Crippen molar-refractivity contribution in [1.82, 2.24) is 4.90 Å². The topological polar surface area (TPSA) is 63.4 Å². The molecule has 1 heterocycles. The van der Waals surface area contributed by atoms with Crippen molar-refractivity contribution in [3.05, 3.63) is 35.4 Å². The van der Waals surface area contributed by atoms with Crippen LogP contribution in [0, 0.1) is 5.92 Å². The highest BCUT2D eigenvalue weighted by atomic mass is 19.4. The highest BCUT2D eigenvalue weighted by molar-refractivity contribution is 5.98. The zero-order chi connectivity index (χ0) is 18.1. The fraction of sp³-hybridized carbons (Fsp3) is 0.529. The maximum absolute atomic E-state index is 12.8. The molecule has 1 aromatic carbocycles. The average molecular weight is 342 g/mol. The number of ketones is 1. The van der Waals surface area contributed by atoms with Crippen LogP contribution in [0.4, 0.5) is 13.2 Å². The van der Waals surface area contributed by atoms with Gasteiger partial charge in [-0.2, -0.15) is 13.2 Å². The minimum Gasteiger partial charge on any atom is -0.340 e. The van der Waals surface area contributed by atoms with Crippen LogP contribution in [0.3, 0.4) is 0 Å². The van der Waals surface area contributed by atoms with Gasteiger partial charge in [-0.1, -0.05) is 12.1 Å². The van der Waals surface area contributed by atoms with Crippen LogP contribution in [-0.4, -0.2) is 35.2 Å². The Balaban J connectivity index is 2.17. The molecule has 2 N–H and O–H groups in total. The van der Waals surface area contributed by atoms with Crippen LogP contribution >= 0.6 is 0 Å². The highest BCUT2D eigenvalue weighted by Crippen LogP contribution is 2.31. The van der Waals surface area contributed by atoms with Crippen molar-refractivity contribution in [1.29, 1.82) is 0 Å². The van der Waals surface area contributed by atoms with Gasteiger partial charge in [-0.3, -0.25) is 9.59 Å². The summed E-state index contributed by atoms with van der Waals surface area (Å²) in [6.07, 6.45) is -3.32. The molecule has 0 spiro atoms. The number of carbonyl (C=O) groups is 2. The summed E-state index contributed by atoms with van der Waals surface area (Å²) in [6, 6.07) is 4.41. The van der Waals surface area contributed by atoms with Gasteiger partial charge in [0.1, 0.15) is 0 Å². The molecule has 1 aliphatic rings. The van der Waals surface area contributed by atoms with E-state index in [1.807, 2.05) is 0 Å². The summed E-state index contributed by atoms with van der Waals surface area (Å²) < 4.78 is 38.4. The number of alkyl halides is 3. The van der Waals surface area contributed by atoms with Crippen molar-refractivity contribution in [3.63, 3.8) is 0 Å². The number of amides is 1. The molecule has 0 saturated carbocycles. The first-order valence-electron chi connectivity index (χ1n) is 7.80. The largest absolute Gasteiger partial charge is 0.416 e. The lowest BCUT2D eigenvalue weighted by Crippen LogP contribution is -2.54. The molecule has 0 unspecified atom stereocenters. The second kappa shape index (κ2) is 6.55. The number of halogens is 3. The molecule has 0 aromatic heterocycles. The molecule has 2 rings (SSSR count). The highest BCUT2D eigenvalue weighted by Gasteiger charge is 2.35. The lowest BCUT2D eigenvalue weighted by atomic mass is 9.88. The van der Waals surface area contributed by atoms with Crippen LogP contribution < -0.4 is 5.73 Å². The monoisotopic (exact) mass is 342 g/mol. The quantitative estimate of drug-likeness (QED) is 0.859. The number of carbonyl (C=O) groups excluding carboxylic acids is 2. The summed E-state index contributed by atoms with van der Waals surface area (Å²) in [5.41, 5.74) is 3.95. The fourth-order valence-electron chi connectivity index (χ4n) is 2.87. The van der Waals surface area contributed by atoms with Gasteiger partial charge in [0.15, 0.2) is 5.78 Å². The predicted octanol–water partition coefficient (Wildman–Crippen LogP) is 2.86. The van der Waals surface area contributed by atoms with Crippen molar-refractivity contribution >= 4 is 11.7 Å². The van der Waals surface area contributed by atoms with E-state index in [-0.39, 0.29) is 23.8 Å². The summed E-state index contributed by atoms with van der Waals surface area (Å²) in [7, 11) is 0. The second-order valence-electron chi connectivity index (χ2n) is 6.75. The molecule has 1 fully saturated rings. The number of hydrogen-bond acceptors (Lipinski definition) is 3. The van der Waals surface area contributed by atoms with Gasteiger partial charge >= 0.3 is 6.18 Å². The Morgan fingerprint density at radius 1 is 1.25 bits per heavy atom. The number of rotatable bonds is 3. The van der Waals surface area contributed by atoms with E-state index in [0.717, 1.165) is 12.1 Å². The molecule has 1 saturated heterocycles. The lowest BCUT2D eigenvalue weighted by Gasteiger charge is -2.35. The van der Waals surface area contributed by atoms with Crippen LogP contribution in [0.2, 0.25) is 0 Å². The van der Waals surface area contributed by atoms with E-state index < -0.39 is 23.2 Å². The van der Waals surface area contributed by atoms with Crippen LogP contribution in [0.25, 0.3) is 0 Å². The lowest BCUT2D eigenvalue weighted by molar-refractivity contribution is -0.138. The van der Waals surface area contributed by atoms with E-state index in [1.54, 1.807) is 13.8 Å². The third-order valence-corrected chi connectivity index (χ3v) is 4.11. The summed E-state index contributed by atoms with van der Waals surface area (Å²) in [5.74, 6) is -1.13. The van der Waals surface area contributed by atoms with Gasteiger partial charge in [-0.05, 0) is 38.8 Å². The van der Waals surface area contributed by atoms with E-state index in [1.165, 1.54) is 17.0 Å². The fourth-order valence-corrected chi connectivity index (χ4v) is 2.87. The summed E-state index contributed by atoms with van der Waals surface area (Å²) in [4.78, 5) is 26.3. The molecular weight excluding hydrogens is 321 g/mol. The minimum absolute atomic E-state index is 0.0242. The van der Waals surface area contributed by atoms with Crippen molar-refractivity contribution in [2.24, 2.45) is 11.7 Å². The SMILES string of the molecule is CC(C)(N)C(=O)N1CCC[C@H](C(=O)c2cccc(C(F)(F)F)c2)C1. The van der Waals surface area contributed by atoms with Gasteiger partial charge in [0.25, 0.3) is 0 Å². The Labute approximate surface area is 138 Å². The summed E-state index contributed by atoms with van der Waals surface area (Å²) >= 11 is 0. The Kier molecular flexibility index (Phi) is 5.03. The summed E-state index contributed by atoms with van der Waals surface area (Å²) in [5, 5.41) is 0. The Morgan fingerprint density at radius 2 is 1.92 bits per heavy atom. The van der Waals surface area contributed by atoms with Gasteiger partial charge in [0, 0.05) is 24.6 Å². The number of nitrogens with zero attached hydrogens (tertiary/aromatic N) is 1. The predicted molar refractivity (Wildman–Crippen MR) is 83.3 cm³/mol. The standard InChI is InChI=1S/C17H21F3N2O2/c1-16(2,21)15(24)22-8-4-6-12(10-22)14(23)11-5-3-7-13(9-11)17(18,19)20/h3,5,7,9,12H,4,6,8,10,21H2,1-2H3/t12-/m0/s1. The molecule has 1 aliphatic heterocycles. The van der Waals surface area contributed by atoms with Crippen molar-refractivity contribution in [2.75, 3.05) is 13.1 Å². The first-order chi connectivity index (χ1) is 11.0. The number of piperidine rings is 1. The molecule has 1 aromatic rings. The molecule has 0 bridgehead atoms. The van der Waals surface area contributed by atoms with Crippen molar-refractivity contribution in [3.8, 4) is 0 Å². The van der Waals surface area contributed by atoms with Gasteiger partial charge in [0.05, 0.1) is 11.1 Å². The Bertz CT molecular complexity index is 635. The minimum atomic E-state index is -4.49.